The van der Waals surface area contributed by atoms with Crippen LogP contribution in [0.5, 0.6) is 0 Å². The zero-order chi connectivity index (χ0) is 13.0. The van der Waals surface area contributed by atoms with Crippen molar-refractivity contribution < 1.29 is 5.11 Å². The molecule has 0 saturated heterocycles. The average Bonchev–Trinajstić information content (AvgIpc) is 2.77. The predicted molar refractivity (Wildman–Crippen MR) is 72.4 cm³/mol. The second-order valence-corrected chi connectivity index (χ2v) is 5.09. The van der Waals surface area contributed by atoms with Gasteiger partial charge in [0.2, 0.25) is 0 Å². The molecule has 1 unspecified atom stereocenters. The number of nitrogens with zero attached hydrogens (tertiary/aromatic N) is 2. The van der Waals surface area contributed by atoms with Crippen molar-refractivity contribution in [3.63, 3.8) is 0 Å². The number of fused-ring (bicyclic) bond motifs is 1. The van der Waals surface area contributed by atoms with E-state index in [0.717, 1.165) is 24.0 Å². The van der Waals surface area contributed by atoms with Crippen LogP contribution < -0.4 is 5.32 Å². The molecule has 0 fully saturated rings. The molecule has 2 aromatic rings. The van der Waals surface area contributed by atoms with Crippen LogP contribution in [0.1, 0.15) is 25.8 Å². The Morgan fingerprint density at radius 2 is 2.22 bits per heavy atom. The zero-order valence-corrected chi connectivity index (χ0v) is 11.0. The number of pyridine rings is 1. The zero-order valence-electron chi connectivity index (χ0n) is 11.0. The Hall–Kier alpha value is -1.39. The number of aromatic nitrogens is 2. The van der Waals surface area contributed by atoms with E-state index in [-0.39, 0.29) is 12.6 Å². The van der Waals surface area contributed by atoms with Crippen molar-refractivity contribution >= 4 is 5.52 Å². The van der Waals surface area contributed by atoms with Crippen LogP contribution in [0.2, 0.25) is 0 Å². The lowest BCUT2D eigenvalue weighted by molar-refractivity contribution is 0.223. The lowest BCUT2D eigenvalue weighted by atomic mass is 10.0. The van der Waals surface area contributed by atoms with Crippen LogP contribution in [0.4, 0.5) is 0 Å². The maximum atomic E-state index is 9.33. The number of hydrogen-bond donors (Lipinski definition) is 2. The summed E-state index contributed by atoms with van der Waals surface area (Å²) in [5, 5.41) is 17.0. The molecule has 0 aliphatic rings. The number of rotatable bonds is 6. The van der Waals surface area contributed by atoms with Gasteiger partial charge in [-0.2, -0.15) is 5.10 Å². The maximum absolute atomic E-state index is 9.33. The molecule has 0 saturated carbocycles. The van der Waals surface area contributed by atoms with Gasteiger partial charge in [0.1, 0.15) is 0 Å². The smallest absolute Gasteiger partial charge is 0.0706 e. The van der Waals surface area contributed by atoms with Gasteiger partial charge in [0.25, 0.3) is 0 Å². The normalized spacial score (nSPS) is 13.3. The Labute approximate surface area is 108 Å². The Morgan fingerprint density at radius 3 is 2.94 bits per heavy atom. The molecule has 0 spiro atoms. The first kappa shape index (κ1) is 13.1. The van der Waals surface area contributed by atoms with Gasteiger partial charge >= 0.3 is 0 Å². The van der Waals surface area contributed by atoms with Crippen molar-refractivity contribution in [3.05, 3.63) is 36.2 Å². The van der Waals surface area contributed by atoms with Gasteiger partial charge in [-0.1, -0.05) is 19.9 Å². The summed E-state index contributed by atoms with van der Waals surface area (Å²) in [5.74, 6) is 0.582. The molecule has 0 aliphatic carbocycles. The summed E-state index contributed by atoms with van der Waals surface area (Å²) in [4.78, 5) is 0. The van der Waals surface area contributed by atoms with E-state index in [1.54, 1.807) is 0 Å². The fourth-order valence-corrected chi connectivity index (χ4v) is 2.17. The highest BCUT2D eigenvalue weighted by Gasteiger charge is 2.10. The van der Waals surface area contributed by atoms with Gasteiger partial charge in [-0.25, -0.2) is 4.52 Å². The standard InChI is InChI=1S/C14H21N3O/c1-11(2)7-13(10-18)15-8-12-9-16-17-6-4-3-5-14(12)17/h3-6,9,11,13,15,18H,7-8,10H2,1-2H3. The van der Waals surface area contributed by atoms with E-state index in [1.165, 1.54) is 0 Å². The highest BCUT2D eigenvalue weighted by atomic mass is 16.3. The lowest BCUT2D eigenvalue weighted by Crippen LogP contribution is -2.33. The van der Waals surface area contributed by atoms with E-state index in [2.05, 4.69) is 30.3 Å². The number of hydrogen-bond acceptors (Lipinski definition) is 3. The molecule has 2 heterocycles. The second-order valence-electron chi connectivity index (χ2n) is 5.09. The van der Waals surface area contributed by atoms with Crippen LogP contribution in [0, 0.1) is 5.92 Å². The first-order valence-electron chi connectivity index (χ1n) is 6.46. The minimum Gasteiger partial charge on any atom is -0.395 e. The van der Waals surface area contributed by atoms with Crippen LogP contribution >= 0.6 is 0 Å². The molecule has 0 amide bonds. The number of nitrogens with one attached hydrogen (secondary N) is 1. The van der Waals surface area contributed by atoms with Gasteiger partial charge in [-0.3, -0.25) is 0 Å². The molecule has 18 heavy (non-hydrogen) atoms. The summed E-state index contributed by atoms with van der Waals surface area (Å²) in [6, 6.07) is 6.19. The van der Waals surface area contributed by atoms with E-state index in [9.17, 15) is 5.11 Å². The SMILES string of the molecule is CC(C)CC(CO)NCc1cnn2ccccc12. The molecule has 0 bridgehead atoms. The quantitative estimate of drug-likeness (QED) is 0.819. The molecule has 1 atom stereocenters. The van der Waals surface area contributed by atoms with Gasteiger partial charge in [0.15, 0.2) is 0 Å². The molecular weight excluding hydrogens is 226 g/mol. The van der Waals surface area contributed by atoms with Crippen molar-refractivity contribution in [3.8, 4) is 0 Å². The molecule has 4 nitrogen and oxygen atoms in total. The van der Waals surface area contributed by atoms with Gasteiger partial charge in [-0.15, -0.1) is 0 Å². The molecule has 2 N–H and O–H groups in total. The van der Waals surface area contributed by atoms with Gasteiger partial charge in [0.05, 0.1) is 18.3 Å². The van der Waals surface area contributed by atoms with E-state index in [0.29, 0.717) is 5.92 Å². The fourth-order valence-electron chi connectivity index (χ4n) is 2.17. The Morgan fingerprint density at radius 1 is 1.39 bits per heavy atom. The number of aliphatic hydroxyl groups excluding tert-OH is 1. The Kier molecular flexibility index (Phi) is 4.33. The largest absolute Gasteiger partial charge is 0.395 e. The Balaban J connectivity index is 2.01. The van der Waals surface area contributed by atoms with Gasteiger partial charge < -0.3 is 10.4 Å². The summed E-state index contributed by atoms with van der Waals surface area (Å²) in [7, 11) is 0. The van der Waals surface area contributed by atoms with Crippen molar-refractivity contribution in [2.24, 2.45) is 5.92 Å². The first-order chi connectivity index (χ1) is 8.70. The van der Waals surface area contributed by atoms with Crippen LogP contribution in [-0.2, 0) is 6.54 Å². The van der Waals surface area contributed by atoms with Crippen LogP contribution in [-0.4, -0.2) is 27.4 Å². The summed E-state index contributed by atoms with van der Waals surface area (Å²) < 4.78 is 1.87. The van der Waals surface area contributed by atoms with E-state index < -0.39 is 0 Å². The fraction of sp³-hybridized carbons (Fsp3) is 0.500. The minimum absolute atomic E-state index is 0.156. The molecule has 0 radical (unpaired) electrons. The van der Waals surface area contributed by atoms with E-state index >= 15 is 0 Å². The van der Waals surface area contributed by atoms with Gasteiger partial charge in [0, 0.05) is 24.3 Å². The van der Waals surface area contributed by atoms with Crippen LogP contribution in [0.3, 0.4) is 0 Å². The molecule has 2 rings (SSSR count). The molecular formula is C14H21N3O. The van der Waals surface area contributed by atoms with E-state index in [1.807, 2.05) is 29.0 Å². The van der Waals surface area contributed by atoms with E-state index in [4.69, 9.17) is 0 Å². The summed E-state index contributed by atoms with van der Waals surface area (Å²) >= 11 is 0. The van der Waals surface area contributed by atoms with Crippen LogP contribution in [0.15, 0.2) is 30.6 Å². The average molecular weight is 247 g/mol. The lowest BCUT2D eigenvalue weighted by Gasteiger charge is -2.17. The van der Waals surface area contributed by atoms with Crippen molar-refractivity contribution in [2.75, 3.05) is 6.61 Å². The third kappa shape index (κ3) is 3.09. The summed E-state index contributed by atoms with van der Waals surface area (Å²) in [6.45, 7) is 5.25. The molecule has 2 aromatic heterocycles. The highest BCUT2D eigenvalue weighted by Crippen LogP contribution is 2.11. The molecule has 4 heteroatoms. The summed E-state index contributed by atoms with van der Waals surface area (Å²) in [5.41, 5.74) is 2.28. The van der Waals surface area contributed by atoms with Crippen molar-refractivity contribution in [2.45, 2.75) is 32.9 Å². The van der Waals surface area contributed by atoms with Crippen molar-refractivity contribution in [1.82, 2.24) is 14.9 Å². The highest BCUT2D eigenvalue weighted by molar-refractivity contribution is 5.53. The Bertz CT molecular complexity index is 492. The monoisotopic (exact) mass is 247 g/mol. The molecule has 0 aromatic carbocycles. The summed E-state index contributed by atoms with van der Waals surface area (Å²) in [6.07, 6.45) is 4.80. The molecule has 98 valence electrons. The van der Waals surface area contributed by atoms with Gasteiger partial charge in [-0.05, 0) is 24.5 Å². The third-order valence-electron chi connectivity index (χ3n) is 3.06. The van der Waals surface area contributed by atoms with Crippen molar-refractivity contribution in [1.29, 1.82) is 0 Å². The topological polar surface area (TPSA) is 49.6 Å². The second kappa shape index (κ2) is 5.98. The predicted octanol–water partition coefficient (Wildman–Crippen LogP) is 1.83. The third-order valence-corrected chi connectivity index (χ3v) is 3.06. The first-order valence-corrected chi connectivity index (χ1v) is 6.46. The minimum atomic E-state index is 0.156. The molecule has 0 aliphatic heterocycles. The maximum Gasteiger partial charge on any atom is 0.0706 e. The number of aliphatic hydroxyl groups is 1. The van der Waals surface area contributed by atoms with Crippen LogP contribution in [0.25, 0.3) is 5.52 Å².